The molecule has 0 bridgehead atoms. The summed E-state index contributed by atoms with van der Waals surface area (Å²) in [5.74, 6) is -0.265. The van der Waals surface area contributed by atoms with Crippen molar-refractivity contribution >= 4 is 34.3 Å². The zero-order valence-corrected chi connectivity index (χ0v) is 15.0. The second-order valence-corrected chi connectivity index (χ2v) is 7.04. The van der Waals surface area contributed by atoms with Gasteiger partial charge in [0.15, 0.2) is 0 Å². The number of urea groups is 1. The number of benzene rings is 3. The van der Waals surface area contributed by atoms with Crippen molar-refractivity contribution in [3.8, 4) is 0 Å². The van der Waals surface area contributed by atoms with Crippen LogP contribution >= 0.6 is 11.6 Å². The molecule has 0 radical (unpaired) electrons. The number of imide groups is 1. The number of amides is 3. The molecule has 26 heavy (non-hydrogen) atoms. The molecule has 3 amide bonds. The van der Waals surface area contributed by atoms with Gasteiger partial charge in [-0.25, -0.2) is 4.79 Å². The standard InChI is InChI=1S/C21H17ClN2O2/c1-21(18-11-5-8-15-7-2-3-10-17(15)18)19(25)24(20(26)23-21)13-14-6-4-9-16(22)12-14/h2-12H,13H2,1H3,(H,23,26). The van der Waals surface area contributed by atoms with Gasteiger partial charge in [-0.2, -0.15) is 0 Å². The minimum absolute atomic E-state index is 0.186. The second-order valence-electron chi connectivity index (χ2n) is 6.60. The molecule has 3 aromatic carbocycles. The van der Waals surface area contributed by atoms with Gasteiger partial charge in [-0.1, -0.05) is 66.2 Å². The SMILES string of the molecule is CC1(c2cccc3ccccc23)NC(=O)N(Cc2cccc(Cl)c2)C1=O. The van der Waals surface area contributed by atoms with E-state index in [0.29, 0.717) is 5.02 Å². The van der Waals surface area contributed by atoms with Crippen LogP contribution in [0.25, 0.3) is 10.8 Å². The van der Waals surface area contributed by atoms with Gasteiger partial charge in [0.1, 0.15) is 5.54 Å². The Morgan fingerprint density at radius 3 is 2.54 bits per heavy atom. The van der Waals surface area contributed by atoms with E-state index in [0.717, 1.165) is 21.9 Å². The molecule has 130 valence electrons. The van der Waals surface area contributed by atoms with Crippen LogP contribution in [0.2, 0.25) is 5.02 Å². The summed E-state index contributed by atoms with van der Waals surface area (Å²) in [4.78, 5) is 27.0. The summed E-state index contributed by atoms with van der Waals surface area (Å²) in [6.07, 6.45) is 0. The van der Waals surface area contributed by atoms with Crippen molar-refractivity contribution in [3.05, 3.63) is 82.9 Å². The number of hydrogen-bond acceptors (Lipinski definition) is 2. The van der Waals surface area contributed by atoms with Gasteiger partial charge in [0.25, 0.3) is 5.91 Å². The van der Waals surface area contributed by atoms with Crippen LogP contribution in [-0.4, -0.2) is 16.8 Å². The van der Waals surface area contributed by atoms with Crippen molar-refractivity contribution in [2.75, 3.05) is 0 Å². The Morgan fingerprint density at radius 2 is 1.73 bits per heavy atom. The first-order valence-electron chi connectivity index (χ1n) is 8.36. The number of fused-ring (bicyclic) bond motifs is 1. The van der Waals surface area contributed by atoms with E-state index >= 15 is 0 Å². The molecule has 1 atom stereocenters. The average Bonchev–Trinajstić information content (AvgIpc) is 2.85. The largest absolute Gasteiger partial charge is 0.325 e. The van der Waals surface area contributed by atoms with Crippen LogP contribution in [-0.2, 0) is 16.9 Å². The molecular weight excluding hydrogens is 348 g/mol. The van der Waals surface area contributed by atoms with Crippen LogP contribution in [0, 0.1) is 0 Å². The first kappa shape index (κ1) is 16.6. The Bertz CT molecular complexity index is 1030. The van der Waals surface area contributed by atoms with Gasteiger partial charge >= 0.3 is 6.03 Å². The second kappa shape index (κ2) is 6.15. The third kappa shape index (κ3) is 2.63. The lowest BCUT2D eigenvalue weighted by Gasteiger charge is -2.24. The number of hydrogen-bond donors (Lipinski definition) is 1. The number of carbonyl (C=O) groups excluding carboxylic acids is 2. The fourth-order valence-electron chi connectivity index (χ4n) is 3.50. The Kier molecular flexibility index (Phi) is 3.93. The van der Waals surface area contributed by atoms with E-state index in [9.17, 15) is 9.59 Å². The number of halogens is 1. The minimum atomic E-state index is -1.10. The van der Waals surface area contributed by atoms with Crippen LogP contribution in [0.4, 0.5) is 4.79 Å². The summed E-state index contributed by atoms with van der Waals surface area (Å²) in [7, 11) is 0. The van der Waals surface area contributed by atoms with E-state index in [1.807, 2.05) is 48.5 Å². The Balaban J connectivity index is 1.73. The number of nitrogens with one attached hydrogen (secondary N) is 1. The van der Waals surface area contributed by atoms with Gasteiger partial charge in [-0.3, -0.25) is 9.69 Å². The topological polar surface area (TPSA) is 49.4 Å². The molecule has 0 aromatic heterocycles. The summed E-state index contributed by atoms with van der Waals surface area (Å²) < 4.78 is 0. The molecule has 5 heteroatoms. The van der Waals surface area contributed by atoms with Crippen LogP contribution in [0.15, 0.2) is 66.7 Å². The third-order valence-corrected chi connectivity index (χ3v) is 5.07. The van der Waals surface area contributed by atoms with E-state index in [2.05, 4.69) is 5.32 Å². The zero-order valence-electron chi connectivity index (χ0n) is 14.2. The van der Waals surface area contributed by atoms with Gasteiger partial charge in [0.05, 0.1) is 6.54 Å². The molecule has 1 aliphatic heterocycles. The summed E-state index contributed by atoms with van der Waals surface area (Å²) in [5.41, 5.74) is 0.502. The van der Waals surface area contributed by atoms with E-state index in [4.69, 9.17) is 11.6 Å². The molecule has 3 aromatic rings. The maximum Gasteiger partial charge on any atom is 0.325 e. The predicted octanol–water partition coefficient (Wildman–Crippen LogP) is 4.46. The van der Waals surface area contributed by atoms with Crippen LogP contribution in [0.3, 0.4) is 0 Å². The maximum atomic E-state index is 13.2. The van der Waals surface area contributed by atoms with Gasteiger partial charge < -0.3 is 5.32 Å². The lowest BCUT2D eigenvalue weighted by Crippen LogP contribution is -2.41. The maximum absolute atomic E-state index is 13.2. The van der Waals surface area contributed by atoms with Crippen molar-refractivity contribution in [3.63, 3.8) is 0 Å². The molecular formula is C21H17ClN2O2. The van der Waals surface area contributed by atoms with E-state index in [1.54, 1.807) is 25.1 Å². The molecule has 1 unspecified atom stereocenters. The van der Waals surface area contributed by atoms with Crippen molar-refractivity contribution in [1.29, 1.82) is 0 Å². The van der Waals surface area contributed by atoms with E-state index < -0.39 is 11.6 Å². The highest BCUT2D eigenvalue weighted by atomic mass is 35.5. The molecule has 1 fully saturated rings. The Hall–Kier alpha value is -2.85. The summed E-state index contributed by atoms with van der Waals surface area (Å²) in [6, 6.07) is 20.4. The summed E-state index contributed by atoms with van der Waals surface area (Å²) >= 11 is 6.02. The van der Waals surface area contributed by atoms with Crippen molar-refractivity contribution in [2.45, 2.75) is 19.0 Å². The molecule has 4 rings (SSSR count). The summed E-state index contributed by atoms with van der Waals surface area (Å²) in [5, 5.41) is 5.44. The average molecular weight is 365 g/mol. The zero-order chi connectivity index (χ0) is 18.3. The highest BCUT2D eigenvalue weighted by Crippen LogP contribution is 2.34. The molecule has 1 heterocycles. The van der Waals surface area contributed by atoms with Crippen LogP contribution in [0.1, 0.15) is 18.1 Å². The smallest absolute Gasteiger partial charge is 0.319 e. The fraction of sp³-hybridized carbons (Fsp3) is 0.143. The third-order valence-electron chi connectivity index (χ3n) is 4.83. The highest BCUT2D eigenvalue weighted by molar-refractivity contribution is 6.30. The normalized spacial score (nSPS) is 19.8. The molecule has 1 saturated heterocycles. The molecule has 1 N–H and O–H groups in total. The van der Waals surface area contributed by atoms with Crippen molar-refractivity contribution in [2.24, 2.45) is 0 Å². The molecule has 0 saturated carbocycles. The summed E-state index contributed by atoms with van der Waals surface area (Å²) in [6.45, 7) is 1.94. The Morgan fingerprint density at radius 1 is 1.00 bits per heavy atom. The minimum Gasteiger partial charge on any atom is -0.319 e. The van der Waals surface area contributed by atoms with E-state index in [-0.39, 0.29) is 12.5 Å². The molecule has 1 aliphatic rings. The fourth-order valence-corrected chi connectivity index (χ4v) is 3.72. The lowest BCUT2D eigenvalue weighted by molar-refractivity contribution is -0.131. The molecule has 0 spiro atoms. The number of carbonyl (C=O) groups is 2. The quantitative estimate of drug-likeness (QED) is 0.697. The number of nitrogens with zero attached hydrogens (tertiary/aromatic N) is 1. The van der Waals surface area contributed by atoms with Gasteiger partial charge in [-0.05, 0) is 41.0 Å². The van der Waals surface area contributed by atoms with Gasteiger partial charge in [-0.15, -0.1) is 0 Å². The van der Waals surface area contributed by atoms with Crippen LogP contribution in [0.5, 0.6) is 0 Å². The Labute approximate surface area is 156 Å². The molecule has 4 nitrogen and oxygen atoms in total. The van der Waals surface area contributed by atoms with Gasteiger partial charge in [0.2, 0.25) is 0 Å². The first-order chi connectivity index (χ1) is 12.5. The van der Waals surface area contributed by atoms with Crippen LogP contribution < -0.4 is 5.32 Å². The molecule has 0 aliphatic carbocycles. The van der Waals surface area contributed by atoms with Crippen molar-refractivity contribution < 1.29 is 9.59 Å². The number of rotatable bonds is 3. The first-order valence-corrected chi connectivity index (χ1v) is 8.73. The predicted molar refractivity (Wildman–Crippen MR) is 102 cm³/mol. The lowest BCUT2D eigenvalue weighted by atomic mass is 9.88. The van der Waals surface area contributed by atoms with Crippen molar-refractivity contribution in [1.82, 2.24) is 10.2 Å². The highest BCUT2D eigenvalue weighted by Gasteiger charge is 2.49. The van der Waals surface area contributed by atoms with E-state index in [1.165, 1.54) is 4.90 Å². The van der Waals surface area contributed by atoms with Gasteiger partial charge in [0, 0.05) is 5.02 Å². The monoisotopic (exact) mass is 364 g/mol.